The molecule has 0 saturated carbocycles. The van der Waals surface area contributed by atoms with Crippen molar-refractivity contribution >= 4 is 60.0 Å². The first kappa shape index (κ1) is 25.7. The molecule has 196 valence electrons. The molecule has 0 unspecified atom stereocenters. The Kier molecular flexibility index (Phi) is 5.80. The second kappa shape index (κ2) is 9.50. The van der Waals surface area contributed by atoms with Gasteiger partial charge in [0.25, 0.3) is 0 Å². The summed E-state index contributed by atoms with van der Waals surface area (Å²) < 4.78 is 8.99. The third-order valence-corrected chi connectivity index (χ3v) is 8.72. The molecule has 2 nitrogen and oxygen atoms in total. The van der Waals surface area contributed by atoms with Crippen molar-refractivity contribution in [2.24, 2.45) is 0 Å². The molecular formula is C39H25NOU. The summed E-state index contributed by atoms with van der Waals surface area (Å²) >= 11 is 0. The minimum Gasteiger partial charge on any atom is -0.454 e. The third kappa shape index (κ3) is 3.57. The average molecular weight is 762 g/mol. The molecule has 0 spiro atoms. The number of nitrogens with zero attached hydrogens (tertiary/aromatic N) is 1. The zero-order valence-corrected chi connectivity index (χ0v) is 27.5. The molecule has 9 rings (SSSR count). The van der Waals surface area contributed by atoms with Crippen LogP contribution in [-0.4, -0.2) is 4.40 Å². The van der Waals surface area contributed by atoms with Crippen LogP contribution in [0.4, 0.5) is 0 Å². The predicted molar refractivity (Wildman–Crippen MR) is 171 cm³/mol. The summed E-state index contributed by atoms with van der Waals surface area (Å²) in [6.07, 6.45) is 0. The van der Waals surface area contributed by atoms with E-state index < -0.39 is 0 Å². The molecule has 0 atom stereocenters. The van der Waals surface area contributed by atoms with Gasteiger partial charge in [-0.15, -0.1) is 12.1 Å². The van der Waals surface area contributed by atoms with Crippen molar-refractivity contribution in [2.45, 2.75) is 19.8 Å². The summed E-state index contributed by atoms with van der Waals surface area (Å²) in [6, 6.07) is 46.3. The zero-order valence-electron chi connectivity index (χ0n) is 23.3. The molecule has 6 aromatic carbocycles. The first-order chi connectivity index (χ1) is 20.2. The van der Waals surface area contributed by atoms with Crippen molar-refractivity contribution in [2.75, 3.05) is 0 Å². The maximum absolute atomic E-state index is 6.60. The van der Waals surface area contributed by atoms with Crippen LogP contribution < -0.4 is 0 Å². The van der Waals surface area contributed by atoms with Crippen molar-refractivity contribution in [1.29, 1.82) is 0 Å². The van der Waals surface area contributed by atoms with Gasteiger partial charge in [-0.2, -0.15) is 36.4 Å². The van der Waals surface area contributed by atoms with Crippen LogP contribution in [0.25, 0.3) is 82.3 Å². The van der Waals surface area contributed by atoms with E-state index in [9.17, 15) is 0 Å². The summed E-state index contributed by atoms with van der Waals surface area (Å²) in [5.74, 6) is 0.506. The average Bonchev–Trinajstić information content (AvgIpc) is 3.67. The van der Waals surface area contributed by atoms with Crippen LogP contribution in [0.1, 0.15) is 25.3 Å². The molecule has 0 aliphatic rings. The normalized spacial score (nSPS) is 12.1. The summed E-state index contributed by atoms with van der Waals surface area (Å²) in [4.78, 5) is 0. The maximum Gasteiger partial charge on any atom is 2.00 e. The monoisotopic (exact) mass is 761 g/mol. The molecule has 9 aromatic rings. The van der Waals surface area contributed by atoms with Gasteiger partial charge >= 0.3 is 31.1 Å². The van der Waals surface area contributed by atoms with Crippen molar-refractivity contribution in [1.82, 2.24) is 4.40 Å². The van der Waals surface area contributed by atoms with E-state index in [4.69, 9.17) is 4.42 Å². The van der Waals surface area contributed by atoms with E-state index in [-0.39, 0.29) is 31.1 Å². The maximum atomic E-state index is 6.60. The number of furan rings is 1. The van der Waals surface area contributed by atoms with E-state index in [0.717, 1.165) is 44.1 Å². The first-order valence-electron chi connectivity index (χ1n) is 14.2. The fraction of sp³-hybridized carbons (Fsp3) is 0.0769. The van der Waals surface area contributed by atoms with Crippen molar-refractivity contribution in [3.05, 3.63) is 127 Å². The second-order valence-electron chi connectivity index (χ2n) is 11.4. The van der Waals surface area contributed by atoms with Crippen LogP contribution in [0.2, 0.25) is 0 Å². The van der Waals surface area contributed by atoms with Crippen LogP contribution in [0.5, 0.6) is 0 Å². The Bertz CT molecular complexity index is 2430. The molecule has 3 heteroatoms. The van der Waals surface area contributed by atoms with Gasteiger partial charge in [-0.05, 0) is 51.7 Å². The quantitative estimate of drug-likeness (QED) is 0.164. The number of aromatic nitrogens is 1. The molecule has 0 bridgehead atoms. The van der Waals surface area contributed by atoms with Gasteiger partial charge in [0.1, 0.15) is 5.58 Å². The van der Waals surface area contributed by atoms with Gasteiger partial charge in [0.05, 0.1) is 11.0 Å². The Morgan fingerprint density at radius 2 is 1.36 bits per heavy atom. The molecule has 0 N–H and O–H groups in total. The molecule has 3 aromatic heterocycles. The number of hydrogen-bond acceptors (Lipinski definition) is 1. The number of fused-ring (bicyclic) bond motifs is 10. The number of para-hydroxylation sites is 1. The molecule has 0 aliphatic carbocycles. The Labute approximate surface area is 267 Å². The van der Waals surface area contributed by atoms with Gasteiger partial charge in [0.15, 0.2) is 5.58 Å². The van der Waals surface area contributed by atoms with Crippen molar-refractivity contribution < 1.29 is 35.5 Å². The first-order valence-corrected chi connectivity index (χ1v) is 14.2. The van der Waals surface area contributed by atoms with E-state index in [1.807, 2.05) is 18.2 Å². The SMILES string of the molecule is CC(C)c1ccc(-c2cc3c4ccc(-c5[c-]cccc5)[c-]c4n4c3c(c2)c2ccc3c5ccccc5oc3c24)cc1.[U+2]. The Hall–Kier alpha value is -4.03. The molecule has 0 radical (unpaired) electrons. The van der Waals surface area contributed by atoms with Crippen LogP contribution >= 0.6 is 0 Å². The van der Waals surface area contributed by atoms with Crippen molar-refractivity contribution in [3.63, 3.8) is 0 Å². The molecule has 0 saturated heterocycles. The minimum atomic E-state index is 0. The van der Waals surface area contributed by atoms with Crippen LogP contribution in [-0.2, 0) is 0 Å². The number of benzene rings is 6. The predicted octanol–water partition coefficient (Wildman–Crippen LogP) is 10.8. The largest absolute Gasteiger partial charge is 2.00 e. The molecule has 0 fully saturated rings. The standard InChI is InChI=1S/C39H25NO.U/c1-23(2)24-12-14-26(15-13-24)28-20-33-29-17-16-27(25-8-4-3-5-9-25)22-35(29)40-37(33)34(21-28)31-18-19-32-30-10-6-7-11-36(30)41-39(32)38(31)40;/h3-8,10-21,23H,1-2H3;/q-2;+2. The Morgan fingerprint density at radius 3 is 2.14 bits per heavy atom. The van der Waals surface area contributed by atoms with Crippen molar-refractivity contribution in [3.8, 4) is 22.3 Å². The van der Waals surface area contributed by atoms with Gasteiger partial charge in [0, 0.05) is 21.5 Å². The van der Waals surface area contributed by atoms with Crippen LogP contribution in [0.15, 0.2) is 114 Å². The number of hydrogen-bond donors (Lipinski definition) is 0. The van der Waals surface area contributed by atoms with Gasteiger partial charge in [-0.1, -0.05) is 73.8 Å². The summed E-state index contributed by atoms with van der Waals surface area (Å²) in [5.41, 5.74) is 11.1. The van der Waals surface area contributed by atoms with E-state index in [1.165, 1.54) is 43.8 Å². The van der Waals surface area contributed by atoms with Gasteiger partial charge in [0.2, 0.25) is 0 Å². The minimum absolute atomic E-state index is 0. The number of rotatable bonds is 3. The summed E-state index contributed by atoms with van der Waals surface area (Å²) in [6.45, 7) is 4.48. The van der Waals surface area contributed by atoms with E-state index >= 15 is 0 Å². The Balaban J connectivity index is 0.00000267. The van der Waals surface area contributed by atoms with E-state index in [0.29, 0.717) is 5.92 Å². The molecule has 42 heavy (non-hydrogen) atoms. The summed E-state index contributed by atoms with van der Waals surface area (Å²) in [7, 11) is 0. The fourth-order valence-corrected chi connectivity index (χ4v) is 6.66. The van der Waals surface area contributed by atoms with Gasteiger partial charge in [-0.3, -0.25) is 0 Å². The third-order valence-electron chi connectivity index (χ3n) is 8.72. The Morgan fingerprint density at radius 1 is 0.619 bits per heavy atom. The van der Waals surface area contributed by atoms with Crippen LogP contribution in [0, 0.1) is 43.2 Å². The molecule has 0 amide bonds. The second-order valence-corrected chi connectivity index (χ2v) is 11.4. The smallest absolute Gasteiger partial charge is 0.454 e. The fourth-order valence-electron chi connectivity index (χ4n) is 6.66. The molecule has 0 aliphatic heterocycles. The molecule has 3 heterocycles. The zero-order chi connectivity index (χ0) is 27.2. The topological polar surface area (TPSA) is 17.6 Å². The van der Waals surface area contributed by atoms with Gasteiger partial charge in [-0.25, -0.2) is 11.1 Å². The van der Waals surface area contributed by atoms with E-state index in [2.05, 4.69) is 121 Å². The molecular weight excluding hydrogens is 736 g/mol. The van der Waals surface area contributed by atoms with E-state index in [1.54, 1.807) is 0 Å². The van der Waals surface area contributed by atoms with Crippen LogP contribution in [0.3, 0.4) is 0 Å². The van der Waals surface area contributed by atoms with Gasteiger partial charge < -0.3 is 8.82 Å². The summed E-state index contributed by atoms with van der Waals surface area (Å²) in [5, 5.41) is 7.15.